The summed E-state index contributed by atoms with van der Waals surface area (Å²) < 4.78 is 7.27. The van der Waals surface area contributed by atoms with Crippen LogP contribution in [0.1, 0.15) is 112 Å². The first-order valence-electron chi connectivity index (χ1n) is 14.8. The Morgan fingerprint density at radius 3 is 2.68 bits per heavy atom. The van der Waals surface area contributed by atoms with Crippen molar-refractivity contribution in [3.63, 3.8) is 0 Å². The molecule has 4 fully saturated rings. The third-order valence-electron chi connectivity index (χ3n) is 11.9. The highest BCUT2D eigenvalue weighted by Crippen LogP contribution is 2.60. The fraction of sp³-hybridized carbons (Fsp3) is 0.967. The average Bonchev–Trinajstić information content (AvgIpc) is 2.95. The Bertz CT molecular complexity index is 767. The molecule has 5 aliphatic rings. The molecule has 5 rings (SSSR count). The minimum Gasteiger partial charge on any atom is -0.393 e. The third-order valence-corrected chi connectivity index (χ3v) is 11.9. The van der Waals surface area contributed by atoms with E-state index in [2.05, 4.69) is 52.8 Å². The first-order chi connectivity index (χ1) is 16.1. The van der Waals surface area contributed by atoms with Gasteiger partial charge in [0.2, 0.25) is 0 Å². The van der Waals surface area contributed by atoms with Gasteiger partial charge in [-0.25, -0.2) is 0 Å². The van der Waals surface area contributed by atoms with Gasteiger partial charge in [0, 0.05) is 17.7 Å². The maximum atomic E-state index is 10.4. The summed E-state index contributed by atoms with van der Waals surface area (Å²) in [5.41, 5.74) is 0.0609. The summed E-state index contributed by atoms with van der Waals surface area (Å²) >= 11 is 0. The number of ether oxygens (including phenoxy) is 1. The van der Waals surface area contributed by atoms with Gasteiger partial charge in [0.05, 0.1) is 18.2 Å². The van der Waals surface area contributed by atoms with E-state index < -0.39 is 5.72 Å². The van der Waals surface area contributed by atoms with Crippen molar-refractivity contribution in [1.82, 2.24) is 4.90 Å². The molecule has 0 bridgehead atoms. The van der Waals surface area contributed by atoms with Gasteiger partial charge in [-0.3, -0.25) is 9.89 Å². The van der Waals surface area contributed by atoms with Crippen molar-refractivity contribution < 1.29 is 9.84 Å². The molecule has 0 aromatic carbocycles. The van der Waals surface area contributed by atoms with Crippen LogP contribution in [0.2, 0.25) is 0 Å². The van der Waals surface area contributed by atoms with Gasteiger partial charge in [0.15, 0.2) is 5.72 Å². The molecule has 1 saturated heterocycles. The molecule has 0 aromatic heterocycles. The summed E-state index contributed by atoms with van der Waals surface area (Å²) in [7, 11) is 2.34. The van der Waals surface area contributed by atoms with E-state index in [1.165, 1.54) is 57.8 Å². The predicted octanol–water partition coefficient (Wildman–Crippen LogP) is 6.45. The summed E-state index contributed by atoms with van der Waals surface area (Å²) in [6.45, 7) is 12.4. The molecule has 34 heavy (non-hydrogen) atoms. The second kappa shape index (κ2) is 9.14. The van der Waals surface area contributed by atoms with Gasteiger partial charge in [-0.1, -0.05) is 60.3 Å². The van der Waals surface area contributed by atoms with Gasteiger partial charge < -0.3 is 9.84 Å². The van der Waals surface area contributed by atoms with E-state index in [0.717, 1.165) is 31.1 Å². The summed E-state index contributed by atoms with van der Waals surface area (Å²) in [6.07, 6.45) is 17.1. The summed E-state index contributed by atoms with van der Waals surface area (Å²) in [6, 6.07) is 0.802. The van der Waals surface area contributed by atoms with E-state index >= 15 is 0 Å². The molecular weight excluding hydrogens is 420 g/mol. The maximum Gasteiger partial charge on any atom is 0.163 e. The molecular formula is C30H52N2O2. The van der Waals surface area contributed by atoms with Crippen LogP contribution in [0.25, 0.3) is 0 Å². The average molecular weight is 473 g/mol. The van der Waals surface area contributed by atoms with Crippen LogP contribution >= 0.6 is 0 Å². The van der Waals surface area contributed by atoms with Crippen molar-refractivity contribution in [2.24, 2.45) is 39.5 Å². The number of likely N-dealkylation sites (tertiary alicyclic amines) is 1. The number of unbranched alkanes of at least 4 members (excludes halogenated alkanes) is 1. The van der Waals surface area contributed by atoms with Crippen molar-refractivity contribution in [1.29, 1.82) is 0 Å². The molecule has 0 amide bonds. The van der Waals surface area contributed by atoms with Crippen LogP contribution in [0, 0.1) is 34.5 Å². The van der Waals surface area contributed by atoms with E-state index in [-0.39, 0.29) is 23.7 Å². The number of hydrogen-bond donors (Lipinski definition) is 1. The summed E-state index contributed by atoms with van der Waals surface area (Å²) in [5, 5.41) is 10.4. The largest absolute Gasteiger partial charge is 0.393 e. The van der Waals surface area contributed by atoms with Crippen LogP contribution in [0.3, 0.4) is 0 Å². The number of aliphatic imine (C=N–C) groups is 1. The maximum absolute atomic E-state index is 10.4. The molecule has 0 radical (unpaired) electrons. The summed E-state index contributed by atoms with van der Waals surface area (Å²) in [4.78, 5) is 7.98. The Balaban J connectivity index is 1.42. The smallest absolute Gasteiger partial charge is 0.163 e. The number of rotatable bonds is 4. The van der Waals surface area contributed by atoms with E-state index in [1.807, 2.05) is 0 Å². The molecule has 3 aliphatic carbocycles. The van der Waals surface area contributed by atoms with Crippen LogP contribution < -0.4 is 0 Å². The zero-order valence-corrected chi connectivity index (χ0v) is 22.9. The number of aliphatic hydroxyl groups excluding tert-OH is 1. The third kappa shape index (κ3) is 3.84. The van der Waals surface area contributed by atoms with Gasteiger partial charge in [-0.15, -0.1) is 0 Å². The Hall–Kier alpha value is -0.450. The molecule has 2 aliphatic heterocycles. The zero-order chi connectivity index (χ0) is 24.3. The molecule has 10 atom stereocenters. The van der Waals surface area contributed by atoms with Gasteiger partial charge >= 0.3 is 0 Å². The number of aliphatic hydroxyl groups is 1. The summed E-state index contributed by atoms with van der Waals surface area (Å²) in [5.74, 6) is 2.65. The lowest BCUT2D eigenvalue weighted by Crippen LogP contribution is -2.63. The molecule has 3 saturated carbocycles. The number of hydrogen-bond acceptors (Lipinski definition) is 4. The van der Waals surface area contributed by atoms with Crippen molar-refractivity contribution >= 4 is 6.21 Å². The number of fused-ring (bicyclic) bond motifs is 4. The molecule has 10 unspecified atom stereocenters. The van der Waals surface area contributed by atoms with Gasteiger partial charge in [0.25, 0.3) is 0 Å². The fourth-order valence-electron chi connectivity index (χ4n) is 9.28. The van der Waals surface area contributed by atoms with Crippen molar-refractivity contribution in [2.75, 3.05) is 7.05 Å². The monoisotopic (exact) mass is 472 g/mol. The first kappa shape index (κ1) is 25.2. The highest BCUT2D eigenvalue weighted by Gasteiger charge is 2.66. The predicted molar refractivity (Wildman–Crippen MR) is 140 cm³/mol. The van der Waals surface area contributed by atoms with E-state index in [0.29, 0.717) is 23.3 Å². The van der Waals surface area contributed by atoms with Gasteiger partial charge in [0.1, 0.15) is 0 Å². The topological polar surface area (TPSA) is 45.1 Å². The van der Waals surface area contributed by atoms with Gasteiger partial charge in [-0.05, 0) is 87.5 Å². The van der Waals surface area contributed by atoms with E-state index in [1.54, 1.807) is 0 Å². The van der Waals surface area contributed by atoms with Crippen molar-refractivity contribution in [2.45, 2.75) is 142 Å². The lowest BCUT2D eigenvalue weighted by Gasteiger charge is -2.54. The highest BCUT2D eigenvalue weighted by molar-refractivity contribution is 5.72. The molecule has 2 heterocycles. The molecule has 4 heteroatoms. The van der Waals surface area contributed by atoms with Crippen molar-refractivity contribution in [3.05, 3.63) is 0 Å². The quantitative estimate of drug-likeness (QED) is 0.511. The zero-order valence-electron chi connectivity index (χ0n) is 22.9. The molecule has 1 spiro atoms. The Kier molecular flexibility index (Phi) is 6.77. The SMILES string of the molecule is CCCCC(C)C1(C)CCCC2C(C1)N(C)C1(C=NC3C(CCC4CCC(O)CC43)O1)C2(C)C. The number of nitrogens with zero attached hydrogens (tertiary/aromatic N) is 2. The van der Waals surface area contributed by atoms with E-state index in [9.17, 15) is 5.11 Å². The van der Waals surface area contributed by atoms with Crippen molar-refractivity contribution in [3.8, 4) is 0 Å². The standard InChI is InChI=1S/C30H52N2O2/c1-7-8-10-20(2)29(5)16-9-11-24-25(18-29)32(6)30(28(24,3)4)19-31-27-23-17-22(33)14-12-21(23)13-15-26(27)34-30/h19-27,33H,7-18H2,1-6H3. The lowest BCUT2D eigenvalue weighted by atomic mass is 9.65. The van der Waals surface area contributed by atoms with Crippen LogP contribution in [0.4, 0.5) is 0 Å². The molecule has 194 valence electrons. The molecule has 1 N–H and O–H groups in total. The molecule has 4 nitrogen and oxygen atoms in total. The minimum absolute atomic E-state index is 0.0434. The van der Waals surface area contributed by atoms with Gasteiger partial charge in [-0.2, -0.15) is 0 Å². The Labute approximate surface area is 209 Å². The first-order valence-corrected chi connectivity index (χ1v) is 14.8. The minimum atomic E-state index is -0.394. The second-order valence-corrected chi connectivity index (χ2v) is 13.9. The Morgan fingerprint density at radius 1 is 1.15 bits per heavy atom. The van der Waals surface area contributed by atoms with Crippen LogP contribution in [0.15, 0.2) is 4.99 Å². The fourth-order valence-corrected chi connectivity index (χ4v) is 9.28. The normalized spacial score (nSPS) is 49.2. The van der Waals surface area contributed by atoms with Crippen LogP contribution in [-0.4, -0.2) is 53.3 Å². The highest BCUT2D eigenvalue weighted by atomic mass is 16.5. The Morgan fingerprint density at radius 2 is 1.91 bits per heavy atom. The lowest BCUT2D eigenvalue weighted by molar-refractivity contribution is -0.196. The van der Waals surface area contributed by atoms with Crippen LogP contribution in [0.5, 0.6) is 0 Å². The second-order valence-electron chi connectivity index (χ2n) is 13.9. The van der Waals surface area contributed by atoms with Crippen LogP contribution in [-0.2, 0) is 4.74 Å². The molecule has 0 aromatic rings. The van der Waals surface area contributed by atoms with E-state index in [4.69, 9.17) is 9.73 Å².